The van der Waals surface area contributed by atoms with Gasteiger partial charge in [0.05, 0.1) is 17.3 Å². The van der Waals surface area contributed by atoms with Crippen molar-refractivity contribution in [3.63, 3.8) is 0 Å². The van der Waals surface area contributed by atoms with Crippen molar-refractivity contribution in [2.45, 2.75) is 13.0 Å². The Morgan fingerprint density at radius 2 is 1.71 bits per heavy atom. The summed E-state index contributed by atoms with van der Waals surface area (Å²) in [5.74, 6) is 1.16. The second kappa shape index (κ2) is 9.02. The Bertz CT molecular complexity index is 1150. The van der Waals surface area contributed by atoms with Gasteiger partial charge in [-0.1, -0.05) is 48.5 Å². The zero-order chi connectivity index (χ0) is 21.8. The summed E-state index contributed by atoms with van der Waals surface area (Å²) in [7, 11) is 4.02. The van der Waals surface area contributed by atoms with Crippen LogP contribution in [0.25, 0.3) is 17.1 Å². The lowest BCUT2D eigenvalue weighted by atomic mass is 10.1. The highest BCUT2D eigenvalue weighted by Crippen LogP contribution is 2.26. The van der Waals surface area contributed by atoms with Crippen molar-refractivity contribution in [3.8, 4) is 17.1 Å². The highest BCUT2D eigenvalue weighted by molar-refractivity contribution is 5.99. The van der Waals surface area contributed by atoms with Crippen molar-refractivity contribution in [2.24, 2.45) is 0 Å². The van der Waals surface area contributed by atoms with Gasteiger partial charge in [-0.05, 0) is 50.8 Å². The first-order valence-corrected chi connectivity index (χ1v) is 10.2. The van der Waals surface area contributed by atoms with E-state index in [0.29, 0.717) is 23.6 Å². The second-order valence-corrected chi connectivity index (χ2v) is 7.68. The van der Waals surface area contributed by atoms with E-state index in [1.807, 2.05) is 81.7 Å². The van der Waals surface area contributed by atoms with Crippen LogP contribution in [0.5, 0.6) is 0 Å². The molecule has 0 saturated carbocycles. The Balaban J connectivity index is 1.63. The van der Waals surface area contributed by atoms with Crippen molar-refractivity contribution in [1.82, 2.24) is 20.0 Å². The van der Waals surface area contributed by atoms with Crippen LogP contribution in [0.3, 0.4) is 0 Å². The van der Waals surface area contributed by atoms with E-state index >= 15 is 0 Å². The van der Waals surface area contributed by atoms with Crippen molar-refractivity contribution in [1.29, 1.82) is 0 Å². The standard InChI is InChI=1S/C25H26N4O2/c1-18-14-15-23(31-18)24-21(17-29(27-24)20-12-8-5-9-13-20)25(30)26-16-22(28(2)3)19-10-6-4-7-11-19/h4-15,17,22H,16H2,1-3H3,(H,26,30). The Morgan fingerprint density at radius 3 is 2.32 bits per heavy atom. The van der Waals surface area contributed by atoms with E-state index in [2.05, 4.69) is 27.4 Å². The lowest BCUT2D eigenvalue weighted by molar-refractivity contribution is 0.0942. The number of rotatable bonds is 7. The highest BCUT2D eigenvalue weighted by atomic mass is 16.3. The molecule has 0 aliphatic carbocycles. The SMILES string of the molecule is Cc1ccc(-c2nn(-c3ccccc3)cc2C(=O)NCC(c2ccccc2)N(C)C)o1. The van der Waals surface area contributed by atoms with Gasteiger partial charge in [-0.3, -0.25) is 4.79 Å². The van der Waals surface area contributed by atoms with Crippen molar-refractivity contribution >= 4 is 5.91 Å². The maximum Gasteiger partial charge on any atom is 0.255 e. The topological polar surface area (TPSA) is 63.3 Å². The number of aromatic nitrogens is 2. The molecule has 1 N–H and O–H groups in total. The number of nitrogens with one attached hydrogen (secondary N) is 1. The van der Waals surface area contributed by atoms with Gasteiger partial charge in [-0.25, -0.2) is 4.68 Å². The second-order valence-electron chi connectivity index (χ2n) is 7.68. The molecular weight excluding hydrogens is 388 g/mol. The van der Waals surface area contributed by atoms with Gasteiger partial charge in [0.15, 0.2) is 5.76 Å². The molecule has 158 valence electrons. The predicted molar refractivity (Wildman–Crippen MR) is 121 cm³/mol. The summed E-state index contributed by atoms with van der Waals surface area (Å²) in [5.41, 5.74) is 3.02. The fourth-order valence-electron chi connectivity index (χ4n) is 3.56. The summed E-state index contributed by atoms with van der Waals surface area (Å²) in [6.45, 7) is 2.35. The number of benzene rings is 2. The first-order valence-electron chi connectivity index (χ1n) is 10.2. The van der Waals surface area contributed by atoms with Gasteiger partial charge in [0.1, 0.15) is 11.5 Å². The normalized spacial score (nSPS) is 12.1. The quantitative estimate of drug-likeness (QED) is 0.485. The maximum absolute atomic E-state index is 13.2. The summed E-state index contributed by atoms with van der Waals surface area (Å²) in [5, 5.41) is 7.74. The third-order valence-corrected chi connectivity index (χ3v) is 5.22. The summed E-state index contributed by atoms with van der Waals surface area (Å²) < 4.78 is 7.49. The molecule has 6 nitrogen and oxygen atoms in total. The molecule has 0 aliphatic heterocycles. The summed E-state index contributed by atoms with van der Waals surface area (Å²) in [6, 6.07) is 23.6. The zero-order valence-corrected chi connectivity index (χ0v) is 17.9. The van der Waals surface area contributed by atoms with Gasteiger partial charge in [-0.2, -0.15) is 5.10 Å². The minimum absolute atomic E-state index is 0.0589. The number of amides is 1. The molecule has 4 rings (SSSR count). The van der Waals surface area contributed by atoms with E-state index < -0.39 is 0 Å². The average molecular weight is 415 g/mol. The van der Waals surface area contributed by atoms with E-state index in [1.165, 1.54) is 0 Å². The van der Waals surface area contributed by atoms with Crippen LogP contribution >= 0.6 is 0 Å². The third kappa shape index (κ3) is 4.59. The fraction of sp³-hybridized carbons (Fsp3) is 0.200. The van der Waals surface area contributed by atoms with Gasteiger partial charge >= 0.3 is 0 Å². The molecular formula is C25H26N4O2. The van der Waals surface area contributed by atoms with E-state index in [0.717, 1.165) is 17.0 Å². The fourth-order valence-corrected chi connectivity index (χ4v) is 3.56. The molecule has 31 heavy (non-hydrogen) atoms. The minimum Gasteiger partial charge on any atom is -0.460 e. The highest BCUT2D eigenvalue weighted by Gasteiger charge is 2.22. The lowest BCUT2D eigenvalue weighted by Gasteiger charge is -2.25. The van der Waals surface area contributed by atoms with Gasteiger partial charge in [0.25, 0.3) is 5.91 Å². The number of para-hydroxylation sites is 1. The Kier molecular flexibility index (Phi) is 6.00. The molecule has 1 unspecified atom stereocenters. The number of likely N-dealkylation sites (N-methyl/N-ethyl adjacent to an activating group) is 1. The van der Waals surface area contributed by atoms with Gasteiger partial charge in [0, 0.05) is 12.7 Å². The molecule has 2 aromatic heterocycles. The zero-order valence-electron chi connectivity index (χ0n) is 17.9. The molecule has 0 spiro atoms. The number of furan rings is 1. The minimum atomic E-state index is -0.186. The lowest BCUT2D eigenvalue weighted by Crippen LogP contribution is -2.34. The van der Waals surface area contributed by atoms with Gasteiger partial charge in [-0.15, -0.1) is 0 Å². The van der Waals surface area contributed by atoms with Crippen LogP contribution in [0.2, 0.25) is 0 Å². The molecule has 0 bridgehead atoms. The molecule has 1 amide bonds. The van der Waals surface area contributed by atoms with Crippen LogP contribution in [0.15, 0.2) is 83.4 Å². The van der Waals surface area contributed by atoms with Crippen molar-refractivity contribution in [2.75, 3.05) is 20.6 Å². The monoisotopic (exact) mass is 414 g/mol. The smallest absolute Gasteiger partial charge is 0.255 e. The third-order valence-electron chi connectivity index (χ3n) is 5.22. The first-order chi connectivity index (χ1) is 15.0. The van der Waals surface area contributed by atoms with E-state index in [1.54, 1.807) is 10.9 Å². The number of carbonyl (C=O) groups is 1. The number of carbonyl (C=O) groups excluding carboxylic acids is 1. The van der Waals surface area contributed by atoms with Crippen LogP contribution in [0, 0.1) is 6.92 Å². The Hall–Kier alpha value is -3.64. The van der Waals surface area contributed by atoms with E-state index in [-0.39, 0.29) is 11.9 Å². The van der Waals surface area contributed by atoms with Crippen LogP contribution in [0.1, 0.15) is 27.7 Å². The van der Waals surface area contributed by atoms with Crippen molar-refractivity contribution < 1.29 is 9.21 Å². The van der Waals surface area contributed by atoms with Crippen LogP contribution in [-0.2, 0) is 0 Å². The maximum atomic E-state index is 13.2. The number of aryl methyl sites for hydroxylation is 1. The number of nitrogens with zero attached hydrogens (tertiary/aromatic N) is 3. The molecule has 0 radical (unpaired) electrons. The Labute approximate surface area is 182 Å². The summed E-state index contributed by atoms with van der Waals surface area (Å²) in [4.78, 5) is 15.3. The predicted octanol–water partition coefficient (Wildman–Crippen LogP) is 4.47. The van der Waals surface area contributed by atoms with Crippen molar-refractivity contribution in [3.05, 3.63) is 95.9 Å². The molecule has 1 atom stereocenters. The molecule has 2 heterocycles. The first kappa shape index (κ1) is 20.6. The van der Waals surface area contributed by atoms with E-state index in [9.17, 15) is 4.79 Å². The molecule has 6 heteroatoms. The number of hydrogen-bond donors (Lipinski definition) is 1. The van der Waals surface area contributed by atoms with Crippen LogP contribution in [0.4, 0.5) is 0 Å². The largest absolute Gasteiger partial charge is 0.460 e. The molecule has 0 fully saturated rings. The van der Waals surface area contributed by atoms with E-state index in [4.69, 9.17) is 4.42 Å². The molecule has 2 aromatic carbocycles. The van der Waals surface area contributed by atoms with Gasteiger partial charge in [0.2, 0.25) is 0 Å². The van der Waals surface area contributed by atoms with Gasteiger partial charge < -0.3 is 14.6 Å². The molecule has 0 aliphatic rings. The van der Waals surface area contributed by atoms with Crippen LogP contribution < -0.4 is 5.32 Å². The Morgan fingerprint density at radius 1 is 1.03 bits per heavy atom. The summed E-state index contributed by atoms with van der Waals surface area (Å²) in [6.07, 6.45) is 1.75. The van der Waals surface area contributed by atoms with Crippen LogP contribution in [-0.4, -0.2) is 41.2 Å². The summed E-state index contributed by atoms with van der Waals surface area (Å²) >= 11 is 0. The molecule has 4 aromatic rings. The number of hydrogen-bond acceptors (Lipinski definition) is 4. The molecule has 0 saturated heterocycles. The average Bonchev–Trinajstić information content (AvgIpc) is 3.41.